The van der Waals surface area contributed by atoms with E-state index in [1.807, 2.05) is 31.2 Å². The van der Waals surface area contributed by atoms with Crippen LogP contribution in [0.4, 0.5) is 0 Å². The van der Waals surface area contributed by atoms with Crippen LogP contribution in [0.15, 0.2) is 24.3 Å². The van der Waals surface area contributed by atoms with Gasteiger partial charge in [-0.3, -0.25) is 4.90 Å². The second kappa shape index (κ2) is 4.44. The molecule has 0 bridgehead atoms. The van der Waals surface area contributed by atoms with Gasteiger partial charge in [-0.15, -0.1) is 0 Å². The number of para-hydroxylation sites is 2. The quantitative estimate of drug-likeness (QED) is 0.857. The molecule has 2 heterocycles. The number of ether oxygens (including phenoxy) is 2. The van der Waals surface area contributed by atoms with E-state index < -0.39 is 5.60 Å². The lowest BCUT2D eigenvalue weighted by Gasteiger charge is -2.29. The molecule has 2 atom stereocenters. The second-order valence-corrected chi connectivity index (χ2v) is 5.48. The Morgan fingerprint density at radius 2 is 2.17 bits per heavy atom. The zero-order valence-corrected chi connectivity index (χ0v) is 10.6. The standard InChI is InChI=1S/C14H19NO3/c1-14(16)6-7-15(10-14)8-11-9-17-12-4-2-3-5-13(12)18-11/h2-5,11,16H,6-10H2,1H3. The van der Waals surface area contributed by atoms with E-state index in [0.29, 0.717) is 13.2 Å². The van der Waals surface area contributed by atoms with Gasteiger partial charge in [0.2, 0.25) is 0 Å². The molecule has 1 N–H and O–H groups in total. The van der Waals surface area contributed by atoms with Crippen LogP contribution in [0.1, 0.15) is 13.3 Å². The Hall–Kier alpha value is -1.26. The van der Waals surface area contributed by atoms with E-state index in [0.717, 1.165) is 31.0 Å². The molecule has 2 unspecified atom stereocenters. The van der Waals surface area contributed by atoms with E-state index >= 15 is 0 Å². The molecule has 4 nitrogen and oxygen atoms in total. The first-order chi connectivity index (χ1) is 8.62. The molecule has 98 valence electrons. The van der Waals surface area contributed by atoms with Gasteiger partial charge in [-0.25, -0.2) is 0 Å². The van der Waals surface area contributed by atoms with Crippen molar-refractivity contribution in [3.63, 3.8) is 0 Å². The molecule has 0 aliphatic carbocycles. The molecule has 0 amide bonds. The summed E-state index contributed by atoms with van der Waals surface area (Å²) in [4.78, 5) is 2.24. The Labute approximate surface area is 107 Å². The molecule has 18 heavy (non-hydrogen) atoms. The molecule has 2 aliphatic rings. The molecule has 1 aromatic carbocycles. The SMILES string of the molecule is CC1(O)CCN(CC2COc3ccccc3O2)C1. The Morgan fingerprint density at radius 3 is 2.89 bits per heavy atom. The zero-order chi connectivity index (χ0) is 12.6. The van der Waals surface area contributed by atoms with Gasteiger partial charge in [0, 0.05) is 19.6 Å². The summed E-state index contributed by atoms with van der Waals surface area (Å²) in [6.07, 6.45) is 0.880. The van der Waals surface area contributed by atoms with Crippen LogP contribution in [0, 0.1) is 0 Å². The summed E-state index contributed by atoms with van der Waals surface area (Å²) in [5.74, 6) is 1.64. The Balaban J connectivity index is 1.60. The van der Waals surface area contributed by atoms with Crippen LogP contribution >= 0.6 is 0 Å². The maximum atomic E-state index is 9.94. The number of hydrogen-bond acceptors (Lipinski definition) is 4. The minimum absolute atomic E-state index is 0.0498. The van der Waals surface area contributed by atoms with Gasteiger partial charge in [0.1, 0.15) is 12.7 Å². The highest BCUT2D eigenvalue weighted by Gasteiger charge is 2.33. The van der Waals surface area contributed by atoms with Crippen LogP contribution in [0.25, 0.3) is 0 Å². The zero-order valence-electron chi connectivity index (χ0n) is 10.6. The minimum atomic E-state index is -0.548. The van der Waals surface area contributed by atoms with Crippen molar-refractivity contribution < 1.29 is 14.6 Å². The summed E-state index contributed by atoms with van der Waals surface area (Å²) in [5.41, 5.74) is -0.548. The third kappa shape index (κ3) is 2.44. The van der Waals surface area contributed by atoms with Crippen molar-refractivity contribution in [1.82, 2.24) is 4.90 Å². The highest BCUT2D eigenvalue weighted by atomic mass is 16.6. The summed E-state index contributed by atoms with van der Waals surface area (Å²) in [7, 11) is 0. The fourth-order valence-electron chi connectivity index (χ4n) is 2.64. The summed E-state index contributed by atoms with van der Waals surface area (Å²) < 4.78 is 11.6. The third-order valence-corrected chi connectivity index (χ3v) is 3.56. The molecule has 4 heteroatoms. The molecule has 0 aromatic heterocycles. The van der Waals surface area contributed by atoms with Crippen molar-refractivity contribution in [3.8, 4) is 11.5 Å². The van der Waals surface area contributed by atoms with E-state index in [-0.39, 0.29) is 6.10 Å². The number of rotatable bonds is 2. The first-order valence-electron chi connectivity index (χ1n) is 6.46. The van der Waals surface area contributed by atoms with Crippen molar-refractivity contribution in [2.24, 2.45) is 0 Å². The van der Waals surface area contributed by atoms with Crippen molar-refractivity contribution >= 4 is 0 Å². The predicted octanol–water partition coefficient (Wildman–Crippen LogP) is 1.28. The first-order valence-corrected chi connectivity index (χ1v) is 6.46. The normalized spacial score (nSPS) is 31.6. The van der Waals surface area contributed by atoms with Crippen LogP contribution in [-0.4, -0.2) is 48.0 Å². The number of benzene rings is 1. The van der Waals surface area contributed by atoms with Gasteiger partial charge >= 0.3 is 0 Å². The molecule has 1 fully saturated rings. The third-order valence-electron chi connectivity index (χ3n) is 3.56. The van der Waals surface area contributed by atoms with Crippen molar-refractivity contribution in [1.29, 1.82) is 0 Å². The predicted molar refractivity (Wildman–Crippen MR) is 68.0 cm³/mol. The van der Waals surface area contributed by atoms with E-state index in [9.17, 15) is 5.11 Å². The fraction of sp³-hybridized carbons (Fsp3) is 0.571. The largest absolute Gasteiger partial charge is 0.486 e. The fourth-order valence-corrected chi connectivity index (χ4v) is 2.64. The number of hydrogen-bond donors (Lipinski definition) is 1. The van der Waals surface area contributed by atoms with Crippen molar-refractivity contribution in [2.75, 3.05) is 26.2 Å². The smallest absolute Gasteiger partial charge is 0.161 e. The lowest BCUT2D eigenvalue weighted by Crippen LogP contribution is -2.41. The number of nitrogens with zero attached hydrogens (tertiary/aromatic N) is 1. The van der Waals surface area contributed by atoms with Gasteiger partial charge in [0.25, 0.3) is 0 Å². The van der Waals surface area contributed by atoms with Crippen molar-refractivity contribution in [2.45, 2.75) is 25.0 Å². The van der Waals surface area contributed by atoms with Gasteiger partial charge in [0.05, 0.1) is 5.60 Å². The van der Waals surface area contributed by atoms with Crippen LogP contribution in [-0.2, 0) is 0 Å². The molecular formula is C14H19NO3. The van der Waals surface area contributed by atoms with Gasteiger partial charge in [-0.2, -0.15) is 0 Å². The van der Waals surface area contributed by atoms with Crippen LogP contribution in [0.3, 0.4) is 0 Å². The number of aliphatic hydroxyl groups is 1. The topological polar surface area (TPSA) is 41.9 Å². The van der Waals surface area contributed by atoms with E-state index in [2.05, 4.69) is 4.90 Å². The average molecular weight is 249 g/mol. The molecule has 1 aromatic rings. The first kappa shape index (κ1) is 11.8. The van der Waals surface area contributed by atoms with Gasteiger partial charge in [-0.1, -0.05) is 12.1 Å². The highest BCUT2D eigenvalue weighted by Crippen LogP contribution is 2.31. The number of fused-ring (bicyclic) bond motifs is 1. The van der Waals surface area contributed by atoms with Gasteiger partial charge in [-0.05, 0) is 25.5 Å². The molecule has 1 saturated heterocycles. The van der Waals surface area contributed by atoms with Gasteiger partial charge < -0.3 is 14.6 Å². The number of likely N-dealkylation sites (tertiary alicyclic amines) is 1. The molecular weight excluding hydrogens is 230 g/mol. The minimum Gasteiger partial charge on any atom is -0.486 e. The summed E-state index contributed by atoms with van der Waals surface area (Å²) in [6.45, 7) is 4.92. The van der Waals surface area contributed by atoms with Crippen LogP contribution in [0.2, 0.25) is 0 Å². The van der Waals surface area contributed by atoms with Crippen LogP contribution < -0.4 is 9.47 Å². The Kier molecular flexibility index (Phi) is 2.92. The molecule has 3 rings (SSSR count). The second-order valence-electron chi connectivity index (χ2n) is 5.48. The van der Waals surface area contributed by atoms with E-state index in [1.54, 1.807) is 0 Å². The molecule has 0 spiro atoms. The summed E-state index contributed by atoms with van der Waals surface area (Å²) in [6, 6.07) is 7.75. The molecule has 0 radical (unpaired) electrons. The summed E-state index contributed by atoms with van der Waals surface area (Å²) in [5, 5.41) is 9.94. The molecule has 2 aliphatic heterocycles. The lowest BCUT2D eigenvalue weighted by atomic mass is 10.1. The maximum Gasteiger partial charge on any atom is 0.161 e. The molecule has 0 saturated carbocycles. The maximum absolute atomic E-state index is 9.94. The highest BCUT2D eigenvalue weighted by molar-refractivity contribution is 5.40. The van der Waals surface area contributed by atoms with Crippen molar-refractivity contribution in [3.05, 3.63) is 24.3 Å². The van der Waals surface area contributed by atoms with E-state index in [1.165, 1.54) is 0 Å². The van der Waals surface area contributed by atoms with Crippen LogP contribution in [0.5, 0.6) is 11.5 Å². The number of β-amino-alcohol motifs (C(OH)–C–C–N with tert-alkyl or cyclic N) is 1. The van der Waals surface area contributed by atoms with Gasteiger partial charge in [0.15, 0.2) is 11.5 Å². The lowest BCUT2D eigenvalue weighted by molar-refractivity contribution is 0.0428. The van der Waals surface area contributed by atoms with E-state index in [4.69, 9.17) is 9.47 Å². The Bertz CT molecular complexity index is 433. The average Bonchev–Trinajstić information content (AvgIpc) is 2.68. The monoisotopic (exact) mass is 249 g/mol. The Morgan fingerprint density at radius 1 is 1.39 bits per heavy atom. The summed E-state index contributed by atoms with van der Waals surface area (Å²) >= 11 is 0.